The lowest BCUT2D eigenvalue weighted by Crippen LogP contribution is -2.49. The van der Waals surface area contributed by atoms with Crippen LogP contribution in [0.25, 0.3) is 10.9 Å². The lowest BCUT2D eigenvalue weighted by Gasteiger charge is -2.42. The van der Waals surface area contributed by atoms with Gasteiger partial charge in [-0.3, -0.25) is 9.29 Å². The van der Waals surface area contributed by atoms with Crippen LogP contribution in [0.15, 0.2) is 30.3 Å². The monoisotopic (exact) mass is 573 g/mol. The van der Waals surface area contributed by atoms with Crippen LogP contribution in [-0.4, -0.2) is 77.5 Å². The van der Waals surface area contributed by atoms with Gasteiger partial charge < -0.3 is 19.9 Å². The number of hydrogen-bond acceptors (Lipinski definition) is 5. The molecule has 1 aromatic carbocycles. The minimum atomic E-state index is -3.39. The molecule has 1 fully saturated rings. The Balaban J connectivity index is 1.56. The summed E-state index contributed by atoms with van der Waals surface area (Å²) in [7, 11) is 0. The first-order chi connectivity index (χ1) is 19.2. The molecular weight excluding hydrogens is 543 g/mol. The Morgan fingerprint density at radius 3 is 2.67 bits per heavy atom. The number of ether oxygens (including phenoxy) is 1. The number of pyridine rings is 1. The average molecular weight is 574 g/mol. The maximum atomic E-state index is 15.1. The van der Waals surface area contributed by atoms with Gasteiger partial charge >= 0.3 is 6.61 Å². The SMILES string of the molecule is C[C@@H]1Cc2c([nH]c3c(F)cccc23)C(c2ccc(NC3CCN(CCCF)C3)nc2OC(F)F)N1C(F)C(F)F. The van der Waals surface area contributed by atoms with Crippen LogP contribution in [0.3, 0.4) is 0 Å². The maximum absolute atomic E-state index is 15.1. The summed E-state index contributed by atoms with van der Waals surface area (Å²) in [5.41, 5.74) is 0.835. The first-order valence-electron chi connectivity index (χ1n) is 13.2. The van der Waals surface area contributed by atoms with Crippen molar-refractivity contribution in [3.8, 4) is 5.88 Å². The summed E-state index contributed by atoms with van der Waals surface area (Å²) in [6.07, 6.45) is -4.87. The quantitative estimate of drug-likeness (QED) is 0.229. The number of H-pyrrole nitrogens is 1. The third-order valence-corrected chi connectivity index (χ3v) is 7.61. The van der Waals surface area contributed by atoms with Crippen molar-refractivity contribution in [2.45, 2.75) is 63.6 Å². The Hall–Kier alpha value is -3.06. The molecule has 4 heterocycles. The zero-order valence-electron chi connectivity index (χ0n) is 21.7. The van der Waals surface area contributed by atoms with Crippen LogP contribution in [0, 0.1) is 5.82 Å². The highest BCUT2D eigenvalue weighted by molar-refractivity contribution is 5.86. The van der Waals surface area contributed by atoms with E-state index in [4.69, 9.17) is 4.74 Å². The highest BCUT2D eigenvalue weighted by Gasteiger charge is 2.44. The fourth-order valence-electron chi connectivity index (χ4n) is 5.91. The molecule has 218 valence electrons. The van der Waals surface area contributed by atoms with Gasteiger partial charge in [-0.15, -0.1) is 0 Å². The number of alkyl halides is 6. The summed E-state index contributed by atoms with van der Waals surface area (Å²) in [6, 6.07) is 5.06. The van der Waals surface area contributed by atoms with Crippen LogP contribution >= 0.6 is 0 Å². The largest absolute Gasteiger partial charge is 0.416 e. The molecule has 0 spiro atoms. The van der Waals surface area contributed by atoms with Gasteiger partial charge in [-0.05, 0) is 49.9 Å². The zero-order chi connectivity index (χ0) is 28.6. The number of rotatable bonds is 10. The Morgan fingerprint density at radius 2 is 1.95 bits per heavy atom. The van der Waals surface area contributed by atoms with Gasteiger partial charge in [0, 0.05) is 48.4 Å². The number of aromatic amines is 1. The summed E-state index contributed by atoms with van der Waals surface area (Å²) in [5.74, 6) is -0.932. The van der Waals surface area contributed by atoms with E-state index in [0.717, 1.165) is 17.9 Å². The second kappa shape index (κ2) is 11.8. The van der Waals surface area contributed by atoms with E-state index in [-0.39, 0.29) is 35.1 Å². The molecule has 3 unspecified atom stereocenters. The van der Waals surface area contributed by atoms with Crippen LogP contribution in [0.5, 0.6) is 5.88 Å². The molecule has 6 nitrogen and oxygen atoms in total. The van der Waals surface area contributed by atoms with Crippen LogP contribution in [0.1, 0.15) is 42.6 Å². The molecule has 0 bridgehead atoms. The molecule has 4 atom stereocenters. The van der Waals surface area contributed by atoms with Gasteiger partial charge in [0.1, 0.15) is 11.6 Å². The van der Waals surface area contributed by atoms with E-state index >= 15 is 4.39 Å². The molecule has 5 rings (SSSR count). The average Bonchev–Trinajstić information content (AvgIpc) is 3.51. The van der Waals surface area contributed by atoms with Crippen molar-refractivity contribution in [1.29, 1.82) is 0 Å². The molecule has 13 heteroatoms. The predicted molar refractivity (Wildman–Crippen MR) is 136 cm³/mol. The number of likely N-dealkylation sites (tertiary alicyclic amines) is 1. The van der Waals surface area contributed by atoms with Gasteiger partial charge in [-0.1, -0.05) is 12.1 Å². The van der Waals surface area contributed by atoms with E-state index < -0.39 is 49.8 Å². The van der Waals surface area contributed by atoms with Gasteiger partial charge in [0.2, 0.25) is 12.2 Å². The molecule has 0 aliphatic carbocycles. The molecule has 1 saturated heterocycles. The molecule has 2 aliphatic heterocycles. The van der Waals surface area contributed by atoms with E-state index in [9.17, 15) is 26.3 Å². The van der Waals surface area contributed by atoms with Crippen LogP contribution in [0.4, 0.5) is 36.6 Å². The van der Waals surface area contributed by atoms with Crippen molar-refractivity contribution >= 4 is 16.7 Å². The number of hydrogen-bond donors (Lipinski definition) is 2. The number of fused-ring (bicyclic) bond motifs is 3. The minimum Gasteiger partial charge on any atom is -0.416 e. The van der Waals surface area contributed by atoms with E-state index in [2.05, 4.69) is 20.2 Å². The molecule has 0 amide bonds. The van der Waals surface area contributed by atoms with Gasteiger partial charge in [-0.25, -0.2) is 17.6 Å². The second-order valence-electron chi connectivity index (χ2n) is 10.2. The summed E-state index contributed by atoms with van der Waals surface area (Å²) >= 11 is 0. The number of halogens is 7. The van der Waals surface area contributed by atoms with Crippen molar-refractivity contribution in [1.82, 2.24) is 19.8 Å². The number of anilines is 1. The summed E-state index contributed by atoms with van der Waals surface area (Å²) in [5, 5.41) is 3.66. The Labute approximate surface area is 226 Å². The number of para-hydroxylation sites is 1. The van der Waals surface area contributed by atoms with E-state index in [1.165, 1.54) is 24.3 Å². The first-order valence-corrected chi connectivity index (χ1v) is 13.2. The molecular formula is C27H30F7N5O. The number of nitrogens with one attached hydrogen (secondary N) is 2. The first kappa shape index (κ1) is 28.5. The van der Waals surface area contributed by atoms with Crippen molar-refractivity contribution in [2.24, 2.45) is 0 Å². The molecule has 3 aromatic rings. The van der Waals surface area contributed by atoms with Crippen LogP contribution in [0.2, 0.25) is 0 Å². The Bertz CT molecular complexity index is 1320. The van der Waals surface area contributed by atoms with E-state index in [1.54, 1.807) is 13.0 Å². The molecule has 2 aliphatic rings. The standard InChI is InChI=1S/C27H30F7N5O/c1-14-12-18-16-4-2-5-19(29)21(16)37-22(18)23(39(14)25(32)24(30)31)17-6-7-20(36-26(17)40-27(33)34)35-15-8-11-38(13-15)10-3-9-28/h2,4-7,14-15,23-25,27,37H,3,8-13H2,1H3,(H,35,36)/t14-,15?,23?,25?/m1/s1. The number of nitrogens with zero attached hydrogens (tertiary/aromatic N) is 3. The second-order valence-corrected chi connectivity index (χ2v) is 10.2. The summed E-state index contributed by atoms with van der Waals surface area (Å²) < 4.78 is 102. The van der Waals surface area contributed by atoms with Crippen LogP contribution in [-0.2, 0) is 6.42 Å². The van der Waals surface area contributed by atoms with Gasteiger partial charge in [-0.2, -0.15) is 13.8 Å². The Kier molecular flexibility index (Phi) is 8.41. The fourth-order valence-corrected chi connectivity index (χ4v) is 5.91. The topological polar surface area (TPSA) is 56.4 Å². The molecule has 40 heavy (non-hydrogen) atoms. The van der Waals surface area contributed by atoms with Gasteiger partial charge in [0.25, 0.3) is 6.43 Å². The minimum absolute atomic E-state index is 0.0649. The van der Waals surface area contributed by atoms with E-state index in [0.29, 0.717) is 30.5 Å². The molecule has 0 radical (unpaired) electrons. The smallest absolute Gasteiger partial charge is 0.388 e. The van der Waals surface area contributed by atoms with Gasteiger partial charge in [0.05, 0.1) is 18.2 Å². The lowest BCUT2D eigenvalue weighted by atomic mass is 9.88. The zero-order valence-corrected chi connectivity index (χ0v) is 21.7. The van der Waals surface area contributed by atoms with Crippen molar-refractivity contribution in [3.05, 3.63) is 53.0 Å². The fraction of sp³-hybridized carbons (Fsp3) is 0.519. The van der Waals surface area contributed by atoms with Crippen molar-refractivity contribution < 1.29 is 35.5 Å². The number of aromatic nitrogens is 2. The van der Waals surface area contributed by atoms with Gasteiger partial charge in [0.15, 0.2) is 0 Å². The summed E-state index contributed by atoms with van der Waals surface area (Å²) in [6.45, 7) is -0.235. The number of benzene rings is 1. The summed E-state index contributed by atoms with van der Waals surface area (Å²) in [4.78, 5) is 10.1. The van der Waals surface area contributed by atoms with Crippen LogP contribution < -0.4 is 10.1 Å². The lowest BCUT2D eigenvalue weighted by molar-refractivity contribution is -0.0861. The molecule has 2 aromatic heterocycles. The maximum Gasteiger partial charge on any atom is 0.388 e. The molecule has 2 N–H and O–H groups in total. The van der Waals surface area contributed by atoms with Crippen molar-refractivity contribution in [3.63, 3.8) is 0 Å². The van der Waals surface area contributed by atoms with E-state index in [1.807, 2.05) is 0 Å². The third-order valence-electron chi connectivity index (χ3n) is 7.61. The molecule has 0 saturated carbocycles. The van der Waals surface area contributed by atoms with Crippen molar-refractivity contribution in [2.75, 3.05) is 31.6 Å². The predicted octanol–water partition coefficient (Wildman–Crippen LogP) is 6.05. The normalized spacial score (nSPS) is 22.8. The Morgan fingerprint density at radius 1 is 1.15 bits per heavy atom. The highest BCUT2D eigenvalue weighted by Crippen LogP contribution is 2.45. The third kappa shape index (κ3) is 5.58. The highest BCUT2D eigenvalue weighted by atomic mass is 19.3.